The molecular weight excluding hydrogens is 264 g/mol. The lowest BCUT2D eigenvalue weighted by Crippen LogP contribution is -2.01. The molecule has 5 nitrogen and oxygen atoms in total. The molecule has 0 bridgehead atoms. The number of nitrogens with zero attached hydrogens (tertiary/aromatic N) is 3. The van der Waals surface area contributed by atoms with Crippen molar-refractivity contribution in [3.8, 4) is 11.4 Å². The van der Waals surface area contributed by atoms with Crippen LogP contribution in [0, 0.1) is 0 Å². The van der Waals surface area contributed by atoms with E-state index in [-0.39, 0.29) is 5.75 Å². The molecule has 3 N–H and O–H groups in total. The maximum Gasteiger partial charge on any atom is 0.206 e. The van der Waals surface area contributed by atoms with Crippen LogP contribution in [0.2, 0.25) is 0 Å². The van der Waals surface area contributed by atoms with E-state index in [2.05, 4.69) is 9.97 Å². The minimum Gasteiger partial charge on any atom is -0.504 e. The lowest BCUT2D eigenvalue weighted by molar-refractivity contribution is 0.478. The zero-order valence-corrected chi connectivity index (χ0v) is 11.1. The van der Waals surface area contributed by atoms with Crippen LogP contribution in [-0.2, 0) is 0 Å². The van der Waals surface area contributed by atoms with Crippen molar-refractivity contribution < 1.29 is 5.11 Å². The third-order valence-electron chi connectivity index (χ3n) is 3.55. The number of para-hydroxylation sites is 2. The summed E-state index contributed by atoms with van der Waals surface area (Å²) < 4.78 is 1.73. The molecule has 0 radical (unpaired) electrons. The van der Waals surface area contributed by atoms with Gasteiger partial charge < -0.3 is 10.8 Å². The first-order chi connectivity index (χ1) is 10.3. The molecule has 2 aromatic heterocycles. The standard InChI is InChI=1S/C16H12N4O/c17-16-19-11-5-1-2-6-12(11)20(16)13-8-7-10-4-3-9-18-14(10)15(13)21/h1-9,21H,(H2,17,19). The highest BCUT2D eigenvalue weighted by Gasteiger charge is 2.15. The van der Waals surface area contributed by atoms with Gasteiger partial charge in [-0.2, -0.15) is 0 Å². The van der Waals surface area contributed by atoms with Gasteiger partial charge in [0, 0.05) is 11.6 Å². The molecule has 0 aliphatic heterocycles. The van der Waals surface area contributed by atoms with Crippen LogP contribution in [0.15, 0.2) is 54.7 Å². The number of hydrogen-bond donors (Lipinski definition) is 2. The van der Waals surface area contributed by atoms with Crippen molar-refractivity contribution in [2.24, 2.45) is 0 Å². The lowest BCUT2D eigenvalue weighted by Gasteiger charge is -2.10. The average Bonchev–Trinajstić information content (AvgIpc) is 2.84. The van der Waals surface area contributed by atoms with Crippen molar-refractivity contribution in [1.82, 2.24) is 14.5 Å². The number of imidazole rings is 1. The fourth-order valence-corrected chi connectivity index (χ4v) is 2.60. The number of aromatic nitrogens is 3. The Morgan fingerprint density at radius 3 is 2.76 bits per heavy atom. The summed E-state index contributed by atoms with van der Waals surface area (Å²) in [5, 5.41) is 11.4. The van der Waals surface area contributed by atoms with Gasteiger partial charge in [0.15, 0.2) is 5.75 Å². The van der Waals surface area contributed by atoms with Crippen molar-refractivity contribution in [1.29, 1.82) is 0 Å². The van der Waals surface area contributed by atoms with Crippen LogP contribution in [0.1, 0.15) is 0 Å². The fraction of sp³-hybridized carbons (Fsp3) is 0. The molecule has 0 saturated carbocycles. The topological polar surface area (TPSA) is 77.0 Å². The smallest absolute Gasteiger partial charge is 0.206 e. The van der Waals surface area contributed by atoms with Gasteiger partial charge in [0.2, 0.25) is 5.95 Å². The van der Waals surface area contributed by atoms with Crippen molar-refractivity contribution in [3.63, 3.8) is 0 Å². The second kappa shape index (κ2) is 4.21. The molecule has 102 valence electrons. The number of benzene rings is 2. The maximum absolute atomic E-state index is 10.5. The highest BCUT2D eigenvalue weighted by atomic mass is 16.3. The van der Waals surface area contributed by atoms with Crippen molar-refractivity contribution >= 4 is 27.9 Å². The van der Waals surface area contributed by atoms with Crippen molar-refractivity contribution in [2.45, 2.75) is 0 Å². The van der Waals surface area contributed by atoms with E-state index in [1.54, 1.807) is 10.8 Å². The second-order valence-electron chi connectivity index (χ2n) is 4.80. The van der Waals surface area contributed by atoms with Gasteiger partial charge in [0.05, 0.1) is 16.7 Å². The molecule has 4 aromatic rings. The van der Waals surface area contributed by atoms with E-state index in [4.69, 9.17) is 5.73 Å². The predicted octanol–water partition coefficient (Wildman–Crippen LogP) is 2.86. The number of phenols is 1. The molecule has 0 amide bonds. The number of nitrogen functional groups attached to an aromatic ring is 1. The van der Waals surface area contributed by atoms with Gasteiger partial charge in [0.25, 0.3) is 0 Å². The average molecular weight is 276 g/mol. The largest absolute Gasteiger partial charge is 0.504 e. The van der Waals surface area contributed by atoms with E-state index in [9.17, 15) is 5.11 Å². The molecule has 21 heavy (non-hydrogen) atoms. The van der Waals surface area contributed by atoms with Crippen LogP contribution in [0.4, 0.5) is 5.95 Å². The van der Waals surface area contributed by atoms with Crippen LogP contribution in [-0.4, -0.2) is 19.6 Å². The normalized spacial score (nSPS) is 11.2. The van der Waals surface area contributed by atoms with Gasteiger partial charge in [-0.3, -0.25) is 9.55 Å². The Kier molecular flexibility index (Phi) is 2.35. The molecule has 4 rings (SSSR count). The SMILES string of the molecule is Nc1nc2ccccc2n1-c1ccc2cccnc2c1O. The Bertz CT molecular complexity index is 975. The summed E-state index contributed by atoms with van der Waals surface area (Å²) in [6.45, 7) is 0. The van der Waals surface area contributed by atoms with Gasteiger partial charge in [-0.25, -0.2) is 4.98 Å². The number of aromatic hydroxyl groups is 1. The first-order valence-corrected chi connectivity index (χ1v) is 6.56. The second-order valence-corrected chi connectivity index (χ2v) is 4.80. The van der Waals surface area contributed by atoms with E-state index in [1.807, 2.05) is 48.5 Å². The summed E-state index contributed by atoms with van der Waals surface area (Å²) in [5.74, 6) is 0.435. The van der Waals surface area contributed by atoms with Gasteiger partial charge in [-0.15, -0.1) is 0 Å². The summed E-state index contributed by atoms with van der Waals surface area (Å²) in [7, 11) is 0. The summed E-state index contributed by atoms with van der Waals surface area (Å²) >= 11 is 0. The van der Waals surface area contributed by atoms with Crippen molar-refractivity contribution in [3.05, 3.63) is 54.7 Å². The molecule has 0 atom stereocenters. The van der Waals surface area contributed by atoms with E-state index < -0.39 is 0 Å². The molecule has 5 heteroatoms. The number of pyridine rings is 1. The Labute approximate surface area is 120 Å². The molecule has 2 heterocycles. The highest BCUT2D eigenvalue weighted by molar-refractivity contribution is 5.90. The highest BCUT2D eigenvalue weighted by Crippen LogP contribution is 2.33. The van der Waals surface area contributed by atoms with Crippen LogP contribution in [0.25, 0.3) is 27.6 Å². The van der Waals surface area contributed by atoms with Crippen LogP contribution < -0.4 is 5.73 Å². The quantitative estimate of drug-likeness (QED) is 0.560. The Balaban J connectivity index is 2.09. The lowest BCUT2D eigenvalue weighted by atomic mass is 10.1. The number of hydrogen-bond acceptors (Lipinski definition) is 4. The molecule has 0 aliphatic rings. The zero-order valence-electron chi connectivity index (χ0n) is 11.1. The molecule has 0 saturated heterocycles. The predicted molar refractivity (Wildman–Crippen MR) is 82.4 cm³/mol. The Hall–Kier alpha value is -3.08. The van der Waals surface area contributed by atoms with Crippen LogP contribution in [0.3, 0.4) is 0 Å². The minimum atomic E-state index is 0.1000. The van der Waals surface area contributed by atoms with Crippen molar-refractivity contribution in [2.75, 3.05) is 5.73 Å². The Morgan fingerprint density at radius 2 is 1.86 bits per heavy atom. The summed E-state index contributed by atoms with van der Waals surface area (Å²) in [6, 6.07) is 15.1. The zero-order chi connectivity index (χ0) is 14.4. The third-order valence-corrected chi connectivity index (χ3v) is 3.55. The van der Waals surface area contributed by atoms with Gasteiger partial charge in [0.1, 0.15) is 5.52 Å². The van der Waals surface area contributed by atoms with E-state index in [0.717, 1.165) is 16.4 Å². The number of nitrogens with two attached hydrogens (primary N) is 1. The minimum absolute atomic E-state index is 0.1000. The number of fused-ring (bicyclic) bond motifs is 2. The maximum atomic E-state index is 10.5. The van der Waals surface area contributed by atoms with Crippen LogP contribution in [0.5, 0.6) is 5.75 Å². The van der Waals surface area contributed by atoms with Gasteiger partial charge >= 0.3 is 0 Å². The molecule has 0 spiro atoms. The number of rotatable bonds is 1. The number of phenolic OH excluding ortho intramolecular Hbond substituents is 1. The number of anilines is 1. The molecular formula is C16H12N4O. The van der Waals surface area contributed by atoms with Gasteiger partial charge in [-0.1, -0.05) is 24.3 Å². The summed E-state index contributed by atoms with van der Waals surface area (Å²) in [5.41, 5.74) is 8.78. The first-order valence-electron chi connectivity index (χ1n) is 6.56. The molecule has 2 aromatic carbocycles. The van der Waals surface area contributed by atoms with E-state index in [0.29, 0.717) is 17.2 Å². The molecule has 0 unspecified atom stereocenters. The van der Waals surface area contributed by atoms with E-state index in [1.165, 1.54) is 0 Å². The monoisotopic (exact) mass is 276 g/mol. The summed E-state index contributed by atoms with van der Waals surface area (Å²) in [6.07, 6.45) is 1.65. The van der Waals surface area contributed by atoms with Gasteiger partial charge in [-0.05, 0) is 24.3 Å². The van der Waals surface area contributed by atoms with E-state index >= 15 is 0 Å². The molecule has 0 fully saturated rings. The first kappa shape index (κ1) is 11.7. The molecule has 0 aliphatic carbocycles. The Morgan fingerprint density at radius 1 is 1.00 bits per heavy atom. The summed E-state index contributed by atoms with van der Waals surface area (Å²) in [4.78, 5) is 8.56. The fourth-order valence-electron chi connectivity index (χ4n) is 2.60. The third kappa shape index (κ3) is 1.64. The van der Waals surface area contributed by atoms with Crippen LogP contribution >= 0.6 is 0 Å².